The second-order valence-electron chi connectivity index (χ2n) is 8.29. The second kappa shape index (κ2) is 8.98. The van der Waals surface area contributed by atoms with E-state index in [1.807, 2.05) is 11.0 Å². The van der Waals surface area contributed by atoms with Gasteiger partial charge in [0, 0.05) is 48.9 Å². The molecule has 1 aromatic heterocycles. The number of amides is 1. The zero-order valence-electron chi connectivity index (χ0n) is 18.5. The molecule has 1 aromatic carbocycles. The number of nitrogens with zero attached hydrogens (tertiary/aromatic N) is 4. The van der Waals surface area contributed by atoms with Crippen molar-refractivity contribution in [3.8, 4) is 0 Å². The van der Waals surface area contributed by atoms with Gasteiger partial charge in [-0.3, -0.25) is 9.79 Å². The lowest BCUT2D eigenvalue weighted by atomic mass is 10.1. The number of fused-ring (bicyclic) bond motifs is 3. The molecule has 0 atom stereocenters. The van der Waals surface area contributed by atoms with Crippen LogP contribution >= 0.6 is 0 Å². The van der Waals surface area contributed by atoms with Crippen molar-refractivity contribution in [1.82, 2.24) is 9.88 Å². The van der Waals surface area contributed by atoms with Crippen molar-refractivity contribution >= 4 is 34.9 Å². The lowest BCUT2D eigenvalue weighted by molar-refractivity contribution is 0.0759. The Kier molecular flexibility index (Phi) is 6.12. The zero-order chi connectivity index (χ0) is 22.8. The summed E-state index contributed by atoms with van der Waals surface area (Å²) in [7, 11) is 1.67. The van der Waals surface area contributed by atoms with E-state index in [0.29, 0.717) is 40.6 Å². The predicted octanol–water partition coefficient (Wildman–Crippen LogP) is 3.73. The van der Waals surface area contributed by atoms with Crippen LogP contribution in [-0.2, 0) is 0 Å². The SMILES string of the molecule is CCCCN1c2cc(F)ccc2C(=O)N(C2CC2)CC(N)=C(C=NC)c2cnc(N)c1c2. The molecule has 2 aliphatic rings. The van der Waals surface area contributed by atoms with E-state index in [2.05, 4.69) is 16.9 Å². The van der Waals surface area contributed by atoms with Crippen molar-refractivity contribution < 1.29 is 9.18 Å². The average Bonchev–Trinajstić information content (AvgIpc) is 3.61. The standard InChI is InChI=1S/C24H29FN6O/c1-3-4-9-30-21-11-16(25)5-8-18(21)24(32)31(17-6-7-17)14-20(26)19(13-28-2)15-10-22(30)23(27)29-12-15/h5,8,10-13,17H,3-4,6-7,9,14,26H2,1-2H3,(H2,27,29). The van der Waals surface area contributed by atoms with E-state index >= 15 is 0 Å². The minimum Gasteiger partial charge on any atom is -0.400 e. The molecule has 1 aliphatic heterocycles. The van der Waals surface area contributed by atoms with Gasteiger partial charge in [0.25, 0.3) is 5.91 Å². The molecular formula is C24H29FN6O. The summed E-state index contributed by atoms with van der Waals surface area (Å²) in [5.41, 5.74) is 16.3. The van der Waals surface area contributed by atoms with Gasteiger partial charge < -0.3 is 21.3 Å². The highest BCUT2D eigenvalue weighted by Gasteiger charge is 2.35. The Morgan fingerprint density at radius 2 is 2.03 bits per heavy atom. The van der Waals surface area contributed by atoms with Gasteiger partial charge in [-0.15, -0.1) is 0 Å². The van der Waals surface area contributed by atoms with Gasteiger partial charge in [-0.1, -0.05) is 13.3 Å². The molecule has 4 N–H and O–H groups in total. The smallest absolute Gasteiger partial charge is 0.256 e. The Bertz CT molecular complexity index is 1090. The number of anilines is 3. The summed E-state index contributed by atoms with van der Waals surface area (Å²) < 4.78 is 14.4. The summed E-state index contributed by atoms with van der Waals surface area (Å²) >= 11 is 0. The van der Waals surface area contributed by atoms with Crippen LogP contribution in [0.15, 0.2) is 41.2 Å². The summed E-state index contributed by atoms with van der Waals surface area (Å²) in [5, 5.41) is 0. The molecule has 4 rings (SSSR count). The fourth-order valence-electron chi connectivity index (χ4n) is 4.07. The molecule has 8 heteroatoms. The molecule has 0 spiro atoms. The van der Waals surface area contributed by atoms with Crippen LogP contribution in [-0.4, -0.2) is 48.2 Å². The second-order valence-corrected chi connectivity index (χ2v) is 8.29. The van der Waals surface area contributed by atoms with Crippen molar-refractivity contribution in [2.24, 2.45) is 10.7 Å². The topological polar surface area (TPSA) is 101 Å². The number of aliphatic imine (C=N–C) groups is 1. The third-order valence-electron chi connectivity index (χ3n) is 5.91. The van der Waals surface area contributed by atoms with E-state index in [0.717, 1.165) is 31.2 Å². The monoisotopic (exact) mass is 436 g/mol. The molecule has 2 bridgehead atoms. The van der Waals surface area contributed by atoms with Gasteiger partial charge in [0.2, 0.25) is 0 Å². The van der Waals surface area contributed by atoms with Crippen LogP contribution in [0.4, 0.5) is 21.6 Å². The third-order valence-corrected chi connectivity index (χ3v) is 5.91. The summed E-state index contributed by atoms with van der Waals surface area (Å²) in [5.74, 6) is -0.275. The van der Waals surface area contributed by atoms with Crippen molar-refractivity contribution in [2.75, 3.05) is 30.8 Å². The number of halogens is 1. The molecule has 0 radical (unpaired) electrons. The summed E-state index contributed by atoms with van der Waals surface area (Å²) in [6, 6.07) is 6.30. The highest BCUT2D eigenvalue weighted by Crippen LogP contribution is 2.38. The van der Waals surface area contributed by atoms with E-state index in [9.17, 15) is 9.18 Å². The summed E-state index contributed by atoms with van der Waals surface area (Å²) in [6.07, 6.45) is 6.96. The Hall–Kier alpha value is -3.42. The molecular weight excluding hydrogens is 407 g/mol. The molecule has 1 saturated carbocycles. The Balaban J connectivity index is 2.00. The van der Waals surface area contributed by atoms with E-state index in [1.54, 1.807) is 30.4 Å². The number of carbonyl (C=O) groups excluding carboxylic acids is 1. The van der Waals surface area contributed by atoms with Crippen molar-refractivity contribution in [3.05, 3.63) is 53.1 Å². The minimum absolute atomic E-state index is 0.120. The van der Waals surface area contributed by atoms with Crippen molar-refractivity contribution in [3.63, 3.8) is 0 Å². The molecule has 1 aliphatic carbocycles. The summed E-state index contributed by atoms with van der Waals surface area (Å²) in [4.78, 5) is 26.0. The molecule has 32 heavy (non-hydrogen) atoms. The van der Waals surface area contributed by atoms with Crippen LogP contribution < -0.4 is 16.4 Å². The maximum absolute atomic E-state index is 14.4. The molecule has 168 valence electrons. The zero-order valence-corrected chi connectivity index (χ0v) is 18.5. The fourth-order valence-corrected chi connectivity index (χ4v) is 4.07. The number of carbonyl (C=O) groups is 1. The lowest BCUT2D eigenvalue weighted by Crippen LogP contribution is -2.37. The predicted molar refractivity (Wildman–Crippen MR) is 127 cm³/mol. The lowest BCUT2D eigenvalue weighted by Gasteiger charge is -2.29. The number of hydrogen-bond donors (Lipinski definition) is 2. The van der Waals surface area contributed by atoms with Crippen LogP contribution in [0.25, 0.3) is 5.57 Å². The molecule has 2 aromatic rings. The van der Waals surface area contributed by atoms with Gasteiger partial charge in [-0.2, -0.15) is 0 Å². The van der Waals surface area contributed by atoms with Gasteiger partial charge in [0.15, 0.2) is 0 Å². The molecule has 0 saturated heterocycles. The van der Waals surface area contributed by atoms with E-state index in [-0.39, 0.29) is 18.5 Å². The average molecular weight is 437 g/mol. The highest BCUT2D eigenvalue weighted by atomic mass is 19.1. The van der Waals surface area contributed by atoms with Crippen LogP contribution in [0, 0.1) is 5.82 Å². The number of benzene rings is 1. The Morgan fingerprint density at radius 1 is 1.25 bits per heavy atom. The molecule has 7 nitrogen and oxygen atoms in total. The molecule has 1 amide bonds. The number of allylic oxidation sites excluding steroid dienone is 1. The number of nitrogens with two attached hydrogens (primary N) is 2. The third kappa shape index (κ3) is 4.17. The van der Waals surface area contributed by atoms with Crippen molar-refractivity contribution in [2.45, 2.75) is 38.6 Å². The van der Waals surface area contributed by atoms with Gasteiger partial charge in [-0.05, 0) is 43.5 Å². The Labute approximate surface area is 187 Å². The first-order chi connectivity index (χ1) is 15.4. The number of hydrogen-bond acceptors (Lipinski definition) is 6. The quantitative estimate of drug-likeness (QED) is 0.696. The van der Waals surface area contributed by atoms with E-state index in [4.69, 9.17) is 11.5 Å². The Morgan fingerprint density at radius 3 is 2.72 bits per heavy atom. The molecule has 1 fully saturated rings. The molecule has 0 unspecified atom stereocenters. The van der Waals surface area contributed by atoms with Crippen molar-refractivity contribution in [1.29, 1.82) is 0 Å². The van der Waals surface area contributed by atoms with Crippen LogP contribution in [0.3, 0.4) is 0 Å². The van der Waals surface area contributed by atoms with Gasteiger partial charge in [-0.25, -0.2) is 9.37 Å². The van der Waals surface area contributed by atoms with Gasteiger partial charge in [0.05, 0.1) is 23.5 Å². The van der Waals surface area contributed by atoms with Crippen LogP contribution in [0.5, 0.6) is 0 Å². The van der Waals surface area contributed by atoms with E-state index < -0.39 is 5.82 Å². The first kappa shape index (κ1) is 21.8. The van der Waals surface area contributed by atoms with Gasteiger partial charge in [0.1, 0.15) is 11.6 Å². The number of aromatic nitrogens is 1. The maximum atomic E-state index is 14.4. The largest absolute Gasteiger partial charge is 0.400 e. The van der Waals surface area contributed by atoms with E-state index in [1.165, 1.54) is 12.1 Å². The number of unbranched alkanes of at least 4 members (excludes halogenated alkanes) is 1. The highest BCUT2D eigenvalue weighted by molar-refractivity contribution is 6.12. The summed E-state index contributed by atoms with van der Waals surface area (Å²) in [6.45, 7) is 2.90. The van der Waals surface area contributed by atoms with Crippen LogP contribution in [0.2, 0.25) is 0 Å². The number of nitrogen functional groups attached to an aromatic ring is 1. The van der Waals surface area contributed by atoms with Crippen LogP contribution in [0.1, 0.15) is 48.5 Å². The molecule has 2 heterocycles. The first-order valence-corrected chi connectivity index (χ1v) is 11.0. The number of rotatable bonds is 5. The minimum atomic E-state index is -0.412. The fraction of sp³-hybridized carbons (Fsp3) is 0.375. The normalized spacial score (nSPS) is 17.0. The van der Waals surface area contributed by atoms with Gasteiger partial charge >= 0.3 is 0 Å². The maximum Gasteiger partial charge on any atom is 0.256 e. The number of pyridine rings is 1. The first-order valence-electron chi connectivity index (χ1n) is 11.0.